The van der Waals surface area contributed by atoms with Gasteiger partial charge in [-0.15, -0.1) is 0 Å². The number of rotatable bonds is 7. The Bertz CT molecular complexity index is 928. The summed E-state index contributed by atoms with van der Waals surface area (Å²) in [7, 11) is 0. The highest BCUT2D eigenvalue weighted by Gasteiger charge is 2.22. The second kappa shape index (κ2) is 9.30. The van der Waals surface area contributed by atoms with Crippen molar-refractivity contribution >= 4 is 17.5 Å². The number of aryl methyl sites for hydroxylation is 1. The van der Waals surface area contributed by atoms with Crippen LogP contribution in [0.1, 0.15) is 36.5 Å². The van der Waals surface area contributed by atoms with Gasteiger partial charge in [-0.05, 0) is 54.2 Å². The molecule has 6 nitrogen and oxygen atoms in total. The van der Waals surface area contributed by atoms with Crippen LogP contribution in [0.3, 0.4) is 0 Å². The number of amides is 2. The van der Waals surface area contributed by atoms with Gasteiger partial charge in [0.2, 0.25) is 5.91 Å². The molecule has 0 saturated carbocycles. The standard InChI is InChI=1S/C24H29N3O3/c1-2-20(27-12-11-17-5-3-4-6-19(17)15-27)14-25-24(29)16-30-21-8-9-22-18(13-21)7-10-23(28)26-22/h3-6,8-9,13,20H,2,7,10-12,14-16H2,1H3,(H,25,29)(H,26,28)/t20-/m1/s1. The van der Waals surface area contributed by atoms with Gasteiger partial charge >= 0.3 is 0 Å². The number of hydrogen-bond donors (Lipinski definition) is 2. The SMILES string of the molecule is CC[C@H](CNC(=O)COc1ccc2c(c1)CCC(=O)N2)N1CCc2ccccc2C1. The minimum absolute atomic E-state index is 0.00951. The van der Waals surface area contributed by atoms with Crippen molar-refractivity contribution in [3.8, 4) is 5.75 Å². The van der Waals surface area contributed by atoms with Crippen LogP contribution in [0.25, 0.3) is 0 Å². The molecule has 0 fully saturated rings. The zero-order valence-electron chi connectivity index (χ0n) is 17.4. The summed E-state index contributed by atoms with van der Waals surface area (Å²) in [6, 6.07) is 14.4. The second-order valence-corrected chi connectivity index (χ2v) is 8.01. The first-order valence-corrected chi connectivity index (χ1v) is 10.8. The molecule has 4 rings (SSSR count). The van der Waals surface area contributed by atoms with Gasteiger partial charge in [0.05, 0.1) is 0 Å². The molecule has 2 aromatic carbocycles. The van der Waals surface area contributed by atoms with Gasteiger partial charge in [-0.1, -0.05) is 31.2 Å². The lowest BCUT2D eigenvalue weighted by Gasteiger charge is -2.35. The molecular weight excluding hydrogens is 378 g/mol. The highest BCUT2D eigenvalue weighted by Crippen LogP contribution is 2.26. The largest absolute Gasteiger partial charge is 0.484 e. The molecule has 1 atom stereocenters. The molecule has 2 aliphatic rings. The average Bonchev–Trinajstić information content (AvgIpc) is 2.78. The highest BCUT2D eigenvalue weighted by molar-refractivity contribution is 5.94. The van der Waals surface area contributed by atoms with Crippen LogP contribution in [0.15, 0.2) is 42.5 Å². The van der Waals surface area contributed by atoms with E-state index in [1.54, 1.807) is 6.07 Å². The number of nitrogens with zero attached hydrogens (tertiary/aromatic N) is 1. The minimum atomic E-state index is -0.114. The van der Waals surface area contributed by atoms with Gasteiger partial charge in [-0.3, -0.25) is 14.5 Å². The normalized spacial score (nSPS) is 16.8. The number of hydrogen-bond acceptors (Lipinski definition) is 4. The molecule has 0 aliphatic carbocycles. The zero-order valence-corrected chi connectivity index (χ0v) is 17.4. The van der Waals surface area contributed by atoms with Crippen LogP contribution in [0.5, 0.6) is 5.75 Å². The summed E-state index contributed by atoms with van der Waals surface area (Å²) in [5, 5.41) is 5.88. The van der Waals surface area contributed by atoms with Crippen molar-refractivity contribution in [2.24, 2.45) is 0 Å². The van der Waals surface area contributed by atoms with E-state index in [1.807, 2.05) is 12.1 Å². The molecule has 158 valence electrons. The predicted molar refractivity (Wildman–Crippen MR) is 117 cm³/mol. The lowest BCUT2D eigenvalue weighted by molar-refractivity contribution is -0.123. The van der Waals surface area contributed by atoms with Gasteiger partial charge in [-0.2, -0.15) is 0 Å². The number of ether oxygens (including phenoxy) is 1. The van der Waals surface area contributed by atoms with Crippen LogP contribution >= 0.6 is 0 Å². The van der Waals surface area contributed by atoms with Gasteiger partial charge in [0.25, 0.3) is 5.91 Å². The van der Waals surface area contributed by atoms with E-state index >= 15 is 0 Å². The molecule has 0 saturated heterocycles. The van der Waals surface area contributed by atoms with Crippen LogP contribution in [-0.4, -0.2) is 42.5 Å². The van der Waals surface area contributed by atoms with Crippen molar-refractivity contribution in [2.75, 3.05) is 25.0 Å². The number of fused-ring (bicyclic) bond motifs is 2. The molecule has 2 aromatic rings. The maximum absolute atomic E-state index is 12.3. The molecule has 2 N–H and O–H groups in total. The fourth-order valence-electron chi connectivity index (χ4n) is 4.24. The summed E-state index contributed by atoms with van der Waals surface area (Å²) in [5.74, 6) is 0.579. The van der Waals surface area contributed by atoms with E-state index in [1.165, 1.54) is 11.1 Å². The Labute approximate surface area is 177 Å². The van der Waals surface area contributed by atoms with Crippen molar-refractivity contribution in [2.45, 2.75) is 45.2 Å². The summed E-state index contributed by atoms with van der Waals surface area (Å²) >= 11 is 0. The molecule has 0 spiro atoms. The maximum atomic E-state index is 12.3. The Morgan fingerprint density at radius 3 is 2.80 bits per heavy atom. The minimum Gasteiger partial charge on any atom is -0.484 e. The summed E-state index contributed by atoms with van der Waals surface area (Å²) in [4.78, 5) is 26.3. The third-order valence-corrected chi connectivity index (χ3v) is 6.02. The molecule has 0 aromatic heterocycles. The third-order valence-electron chi connectivity index (χ3n) is 6.02. The van der Waals surface area contributed by atoms with Gasteiger partial charge in [0.15, 0.2) is 6.61 Å². The van der Waals surface area contributed by atoms with Gasteiger partial charge in [-0.25, -0.2) is 0 Å². The topological polar surface area (TPSA) is 70.7 Å². The van der Waals surface area contributed by atoms with Crippen molar-refractivity contribution in [3.05, 3.63) is 59.2 Å². The Morgan fingerprint density at radius 1 is 1.13 bits per heavy atom. The Balaban J connectivity index is 1.26. The zero-order chi connectivity index (χ0) is 20.9. The molecule has 0 bridgehead atoms. The van der Waals surface area contributed by atoms with E-state index in [4.69, 9.17) is 4.74 Å². The Kier molecular flexibility index (Phi) is 6.33. The van der Waals surface area contributed by atoms with Crippen molar-refractivity contribution in [1.82, 2.24) is 10.2 Å². The van der Waals surface area contributed by atoms with Crippen LogP contribution in [0.4, 0.5) is 5.69 Å². The summed E-state index contributed by atoms with van der Waals surface area (Å²) in [6.07, 6.45) is 3.22. The summed E-state index contributed by atoms with van der Waals surface area (Å²) in [6.45, 7) is 4.74. The molecule has 6 heteroatoms. The smallest absolute Gasteiger partial charge is 0.257 e. The van der Waals surface area contributed by atoms with E-state index in [9.17, 15) is 9.59 Å². The lowest BCUT2D eigenvalue weighted by atomic mass is 9.98. The average molecular weight is 408 g/mol. The monoisotopic (exact) mass is 407 g/mol. The molecule has 2 heterocycles. The first kappa shape index (κ1) is 20.4. The van der Waals surface area contributed by atoms with Crippen LogP contribution in [-0.2, 0) is 29.0 Å². The number of carbonyl (C=O) groups excluding carboxylic acids is 2. The van der Waals surface area contributed by atoms with E-state index in [-0.39, 0.29) is 18.4 Å². The quantitative estimate of drug-likeness (QED) is 0.740. The third kappa shape index (κ3) is 4.82. The van der Waals surface area contributed by atoms with Gasteiger partial charge in [0.1, 0.15) is 5.75 Å². The number of benzene rings is 2. The Hall–Kier alpha value is -2.86. The molecule has 0 unspecified atom stereocenters. The van der Waals surface area contributed by atoms with Crippen LogP contribution < -0.4 is 15.4 Å². The van der Waals surface area contributed by atoms with E-state index in [2.05, 4.69) is 46.7 Å². The van der Waals surface area contributed by atoms with E-state index in [0.717, 1.165) is 37.2 Å². The first-order valence-electron chi connectivity index (χ1n) is 10.8. The molecule has 2 amide bonds. The number of carbonyl (C=O) groups is 2. The predicted octanol–water partition coefficient (Wildman–Crippen LogP) is 2.90. The molecule has 0 radical (unpaired) electrons. The van der Waals surface area contributed by atoms with Crippen LogP contribution in [0.2, 0.25) is 0 Å². The fourth-order valence-corrected chi connectivity index (χ4v) is 4.24. The number of anilines is 1. The Morgan fingerprint density at radius 2 is 1.97 bits per heavy atom. The second-order valence-electron chi connectivity index (χ2n) is 8.01. The number of nitrogens with one attached hydrogen (secondary N) is 2. The van der Waals surface area contributed by atoms with Gasteiger partial charge < -0.3 is 15.4 Å². The first-order chi connectivity index (χ1) is 14.6. The van der Waals surface area contributed by atoms with E-state index in [0.29, 0.717) is 31.2 Å². The molecule has 30 heavy (non-hydrogen) atoms. The van der Waals surface area contributed by atoms with Gasteiger partial charge in [0, 0.05) is 37.8 Å². The summed E-state index contributed by atoms with van der Waals surface area (Å²) in [5.41, 5.74) is 4.70. The lowest BCUT2D eigenvalue weighted by Crippen LogP contribution is -2.46. The maximum Gasteiger partial charge on any atom is 0.257 e. The van der Waals surface area contributed by atoms with Crippen molar-refractivity contribution < 1.29 is 14.3 Å². The van der Waals surface area contributed by atoms with Crippen LogP contribution in [0, 0.1) is 0 Å². The van der Waals surface area contributed by atoms with Crippen molar-refractivity contribution in [3.63, 3.8) is 0 Å². The molecular formula is C24H29N3O3. The summed E-state index contributed by atoms with van der Waals surface area (Å²) < 4.78 is 5.68. The van der Waals surface area contributed by atoms with E-state index < -0.39 is 0 Å². The fraction of sp³-hybridized carbons (Fsp3) is 0.417. The van der Waals surface area contributed by atoms with Crippen molar-refractivity contribution in [1.29, 1.82) is 0 Å². The molecule has 2 aliphatic heterocycles. The highest BCUT2D eigenvalue weighted by atomic mass is 16.5.